The average Bonchev–Trinajstić information content (AvgIpc) is 2.89. The van der Waals surface area contributed by atoms with Crippen molar-refractivity contribution in [1.82, 2.24) is 14.7 Å². The molecule has 1 unspecified atom stereocenters. The van der Waals surface area contributed by atoms with Gasteiger partial charge in [-0.15, -0.1) is 0 Å². The van der Waals surface area contributed by atoms with Gasteiger partial charge < -0.3 is 5.11 Å². The smallest absolute Gasteiger partial charge is 0.306 e. The topological polar surface area (TPSA) is 84.4 Å². The average molecular weight is 325 g/mol. The van der Waals surface area contributed by atoms with E-state index in [1.807, 2.05) is 36.2 Å². The second-order valence-corrected chi connectivity index (χ2v) is 5.59. The summed E-state index contributed by atoms with van der Waals surface area (Å²) in [5, 5.41) is 25.2. The number of aliphatic hydroxyl groups is 1. The van der Waals surface area contributed by atoms with Gasteiger partial charge in [0.25, 0.3) is 0 Å². The van der Waals surface area contributed by atoms with Gasteiger partial charge in [0.1, 0.15) is 12.4 Å². The summed E-state index contributed by atoms with van der Waals surface area (Å²) in [7, 11) is 1.89. The summed E-state index contributed by atoms with van der Waals surface area (Å²) >= 11 is 5.84. The first-order chi connectivity index (χ1) is 10.4. The minimum Gasteiger partial charge on any atom is -0.390 e. The number of benzene rings is 1. The number of likely N-dealkylation sites (N-methyl/N-ethyl adjacent to an activating group) is 1. The molecule has 0 aliphatic rings. The normalized spacial score (nSPS) is 12.5. The Balaban J connectivity index is 1.83. The molecule has 2 rings (SSSR count). The molecule has 0 amide bonds. The van der Waals surface area contributed by atoms with Crippen LogP contribution in [0.15, 0.2) is 36.7 Å². The Bertz CT molecular complexity index is 629. The van der Waals surface area contributed by atoms with Crippen LogP contribution in [0.5, 0.6) is 0 Å². The Morgan fingerprint density at radius 1 is 1.45 bits per heavy atom. The third-order valence-corrected chi connectivity index (χ3v) is 3.37. The Morgan fingerprint density at radius 3 is 2.73 bits per heavy atom. The second kappa shape index (κ2) is 7.35. The van der Waals surface area contributed by atoms with Gasteiger partial charge in [-0.2, -0.15) is 5.10 Å². The van der Waals surface area contributed by atoms with E-state index < -0.39 is 11.0 Å². The molecule has 1 heterocycles. The van der Waals surface area contributed by atoms with Crippen LogP contribution in [0.25, 0.3) is 0 Å². The van der Waals surface area contributed by atoms with Gasteiger partial charge in [-0.1, -0.05) is 23.7 Å². The number of rotatable bonds is 7. The van der Waals surface area contributed by atoms with E-state index >= 15 is 0 Å². The van der Waals surface area contributed by atoms with Crippen LogP contribution in [0.3, 0.4) is 0 Å². The van der Waals surface area contributed by atoms with Crippen molar-refractivity contribution in [2.45, 2.75) is 19.2 Å². The molecule has 118 valence electrons. The maximum Gasteiger partial charge on any atom is 0.306 e. The molecule has 2 aromatic rings. The number of halogens is 1. The number of hydrogen-bond acceptors (Lipinski definition) is 5. The first-order valence-corrected chi connectivity index (χ1v) is 7.09. The minimum atomic E-state index is -0.670. The number of nitrogens with zero attached hydrogens (tertiary/aromatic N) is 4. The Labute approximate surface area is 132 Å². The van der Waals surface area contributed by atoms with Gasteiger partial charge in [0, 0.05) is 18.1 Å². The van der Waals surface area contributed by atoms with E-state index in [1.54, 1.807) is 0 Å². The highest BCUT2D eigenvalue weighted by Gasteiger charge is 2.13. The lowest BCUT2D eigenvalue weighted by Crippen LogP contribution is -2.31. The van der Waals surface area contributed by atoms with Gasteiger partial charge >= 0.3 is 5.69 Å². The van der Waals surface area contributed by atoms with Crippen LogP contribution in [0.2, 0.25) is 5.02 Å². The van der Waals surface area contributed by atoms with Crippen LogP contribution in [-0.4, -0.2) is 44.4 Å². The first kappa shape index (κ1) is 16.4. The summed E-state index contributed by atoms with van der Waals surface area (Å²) in [6.07, 6.45) is 1.81. The highest BCUT2D eigenvalue weighted by Crippen LogP contribution is 2.12. The van der Waals surface area contributed by atoms with Crippen molar-refractivity contribution in [1.29, 1.82) is 0 Å². The summed E-state index contributed by atoms with van der Waals surface area (Å²) in [5.74, 6) is 0. The molecule has 22 heavy (non-hydrogen) atoms. The Hall–Kier alpha value is -1.96. The highest BCUT2D eigenvalue weighted by atomic mass is 35.5. The molecule has 1 aromatic heterocycles. The molecule has 0 saturated carbocycles. The van der Waals surface area contributed by atoms with E-state index in [1.165, 1.54) is 17.1 Å². The minimum absolute atomic E-state index is 0.0817. The molecule has 0 saturated heterocycles. The zero-order valence-electron chi connectivity index (χ0n) is 12.1. The van der Waals surface area contributed by atoms with Gasteiger partial charge in [-0.05, 0) is 24.7 Å². The molecule has 1 N–H and O–H groups in total. The van der Waals surface area contributed by atoms with Gasteiger partial charge in [0.2, 0.25) is 0 Å². The van der Waals surface area contributed by atoms with Gasteiger partial charge in [0.15, 0.2) is 0 Å². The van der Waals surface area contributed by atoms with Gasteiger partial charge in [0.05, 0.1) is 17.6 Å². The molecule has 0 aliphatic carbocycles. The molecule has 0 spiro atoms. The molecule has 0 aliphatic heterocycles. The number of nitro groups is 1. The molecule has 0 fully saturated rings. The Kier molecular flexibility index (Phi) is 5.48. The Morgan fingerprint density at radius 2 is 2.14 bits per heavy atom. The molecule has 1 aromatic carbocycles. The SMILES string of the molecule is CN(Cc1ccc(Cl)cc1)CC(O)Cn1cc([N+](=O)[O-])cn1. The third-order valence-electron chi connectivity index (χ3n) is 3.12. The van der Waals surface area contributed by atoms with Crippen molar-refractivity contribution in [2.24, 2.45) is 0 Å². The van der Waals surface area contributed by atoms with E-state index in [0.29, 0.717) is 18.1 Å². The second-order valence-electron chi connectivity index (χ2n) is 5.15. The number of aliphatic hydroxyl groups excluding tert-OH is 1. The largest absolute Gasteiger partial charge is 0.390 e. The fourth-order valence-electron chi connectivity index (χ4n) is 2.15. The standard InChI is InChI=1S/C14H17ClN4O3/c1-17(7-11-2-4-12(15)5-3-11)9-14(20)10-18-8-13(6-16-18)19(21)22/h2-6,8,14,20H,7,9-10H2,1H3. The van der Waals surface area contributed by atoms with Crippen molar-refractivity contribution < 1.29 is 10.0 Å². The van der Waals surface area contributed by atoms with Crippen LogP contribution >= 0.6 is 11.6 Å². The highest BCUT2D eigenvalue weighted by molar-refractivity contribution is 6.30. The van der Waals surface area contributed by atoms with E-state index in [-0.39, 0.29) is 12.2 Å². The predicted molar refractivity (Wildman–Crippen MR) is 82.7 cm³/mol. The quantitative estimate of drug-likeness (QED) is 0.621. The molecule has 0 radical (unpaired) electrons. The van der Waals surface area contributed by atoms with Crippen molar-refractivity contribution in [3.63, 3.8) is 0 Å². The zero-order valence-corrected chi connectivity index (χ0v) is 12.8. The molecule has 1 atom stereocenters. The van der Waals surface area contributed by atoms with Crippen LogP contribution in [0, 0.1) is 10.1 Å². The van der Waals surface area contributed by atoms with Crippen molar-refractivity contribution >= 4 is 17.3 Å². The fourth-order valence-corrected chi connectivity index (χ4v) is 2.27. The fraction of sp³-hybridized carbons (Fsp3) is 0.357. The number of aromatic nitrogens is 2. The molecule has 7 nitrogen and oxygen atoms in total. The van der Waals surface area contributed by atoms with Gasteiger partial charge in [-0.3, -0.25) is 19.7 Å². The van der Waals surface area contributed by atoms with Crippen LogP contribution in [0.1, 0.15) is 5.56 Å². The van der Waals surface area contributed by atoms with E-state index in [9.17, 15) is 15.2 Å². The summed E-state index contributed by atoms with van der Waals surface area (Å²) < 4.78 is 1.37. The van der Waals surface area contributed by atoms with E-state index in [0.717, 1.165) is 5.56 Å². The summed E-state index contributed by atoms with van der Waals surface area (Å²) in [5.41, 5.74) is 1.01. The lowest BCUT2D eigenvalue weighted by Gasteiger charge is -2.20. The summed E-state index contributed by atoms with van der Waals surface area (Å²) in [6, 6.07) is 7.51. The zero-order chi connectivity index (χ0) is 16.1. The molecular formula is C14H17ClN4O3. The van der Waals surface area contributed by atoms with Crippen LogP contribution < -0.4 is 0 Å². The maximum absolute atomic E-state index is 10.6. The molecular weight excluding hydrogens is 308 g/mol. The monoisotopic (exact) mass is 324 g/mol. The van der Waals surface area contributed by atoms with Crippen molar-refractivity contribution in [2.75, 3.05) is 13.6 Å². The van der Waals surface area contributed by atoms with E-state index in [2.05, 4.69) is 5.10 Å². The number of hydrogen-bond donors (Lipinski definition) is 1. The third kappa shape index (κ3) is 4.80. The predicted octanol–water partition coefficient (Wildman–Crippen LogP) is 1.94. The summed E-state index contributed by atoms with van der Waals surface area (Å²) in [6.45, 7) is 1.31. The van der Waals surface area contributed by atoms with Crippen molar-refractivity contribution in [3.05, 3.63) is 57.4 Å². The van der Waals surface area contributed by atoms with Crippen LogP contribution in [0.4, 0.5) is 5.69 Å². The lowest BCUT2D eigenvalue weighted by atomic mass is 10.2. The summed E-state index contributed by atoms with van der Waals surface area (Å²) in [4.78, 5) is 12.0. The van der Waals surface area contributed by atoms with Crippen LogP contribution in [-0.2, 0) is 13.1 Å². The first-order valence-electron chi connectivity index (χ1n) is 6.72. The lowest BCUT2D eigenvalue weighted by molar-refractivity contribution is -0.385. The maximum atomic E-state index is 10.6. The van der Waals surface area contributed by atoms with Crippen molar-refractivity contribution in [3.8, 4) is 0 Å². The van der Waals surface area contributed by atoms with Gasteiger partial charge in [-0.25, -0.2) is 0 Å². The molecule has 0 bridgehead atoms. The molecule has 8 heteroatoms. The van der Waals surface area contributed by atoms with E-state index in [4.69, 9.17) is 11.6 Å².